The summed E-state index contributed by atoms with van der Waals surface area (Å²) < 4.78 is 4.81. The van der Waals surface area contributed by atoms with Crippen LogP contribution in [-0.4, -0.2) is 23.9 Å². The quantitative estimate of drug-likeness (QED) is 0.793. The Kier molecular flexibility index (Phi) is 3.10. The van der Waals surface area contributed by atoms with Crippen molar-refractivity contribution >= 4 is 6.09 Å². The zero-order valence-corrected chi connectivity index (χ0v) is 9.14. The lowest BCUT2D eigenvalue weighted by molar-refractivity contribution is 0.115. The van der Waals surface area contributed by atoms with Gasteiger partial charge in [0.15, 0.2) is 0 Å². The zero-order valence-electron chi connectivity index (χ0n) is 9.14. The molecule has 0 unspecified atom stereocenters. The highest BCUT2D eigenvalue weighted by molar-refractivity contribution is 5.68. The molecular weight excluding hydrogens is 206 g/mol. The Hall–Kier alpha value is -1.55. The van der Waals surface area contributed by atoms with E-state index in [0.717, 1.165) is 11.1 Å². The standard InChI is InChI=1S/C12H15NO3/c1-2-16-12(15)13-11-9-6-4-3-5-8(9)7-10(11)14/h3-6,10-11,14H,2,7H2,1H3,(H,13,15)/t10-,11+/m0/s1. The Labute approximate surface area is 94.2 Å². The van der Waals surface area contributed by atoms with E-state index < -0.39 is 12.2 Å². The molecule has 1 aliphatic rings. The summed E-state index contributed by atoms with van der Waals surface area (Å²) in [5, 5.41) is 12.5. The van der Waals surface area contributed by atoms with Crippen LogP contribution < -0.4 is 5.32 Å². The predicted molar refractivity (Wildman–Crippen MR) is 59.1 cm³/mol. The highest BCUT2D eigenvalue weighted by Gasteiger charge is 2.32. The number of benzene rings is 1. The van der Waals surface area contributed by atoms with Gasteiger partial charge < -0.3 is 15.2 Å². The summed E-state index contributed by atoms with van der Waals surface area (Å²) >= 11 is 0. The molecule has 16 heavy (non-hydrogen) atoms. The van der Waals surface area contributed by atoms with Crippen molar-refractivity contribution in [3.05, 3.63) is 35.4 Å². The lowest BCUT2D eigenvalue weighted by Crippen LogP contribution is -2.34. The Balaban J connectivity index is 2.13. The highest BCUT2D eigenvalue weighted by Crippen LogP contribution is 2.31. The molecule has 0 spiro atoms. The molecule has 0 aromatic heterocycles. The van der Waals surface area contributed by atoms with Crippen LogP contribution in [0.15, 0.2) is 24.3 Å². The van der Waals surface area contributed by atoms with Gasteiger partial charge in [-0.3, -0.25) is 0 Å². The molecule has 1 aromatic carbocycles. The molecule has 1 aromatic rings. The van der Waals surface area contributed by atoms with Gasteiger partial charge in [0.2, 0.25) is 0 Å². The molecule has 0 saturated carbocycles. The number of alkyl carbamates (subject to hydrolysis) is 1. The monoisotopic (exact) mass is 221 g/mol. The molecule has 86 valence electrons. The number of hydrogen-bond acceptors (Lipinski definition) is 3. The molecular formula is C12H15NO3. The van der Waals surface area contributed by atoms with Crippen molar-refractivity contribution in [3.8, 4) is 0 Å². The first-order chi connectivity index (χ1) is 7.72. The number of aliphatic hydroxyl groups is 1. The van der Waals surface area contributed by atoms with Gasteiger partial charge in [-0.1, -0.05) is 24.3 Å². The number of fused-ring (bicyclic) bond motifs is 1. The van der Waals surface area contributed by atoms with Crippen LogP contribution in [0.5, 0.6) is 0 Å². The van der Waals surface area contributed by atoms with E-state index in [1.165, 1.54) is 0 Å². The van der Waals surface area contributed by atoms with Gasteiger partial charge in [0, 0.05) is 6.42 Å². The van der Waals surface area contributed by atoms with E-state index in [-0.39, 0.29) is 6.04 Å². The van der Waals surface area contributed by atoms with Crippen LogP contribution in [0.4, 0.5) is 4.79 Å². The van der Waals surface area contributed by atoms with E-state index in [9.17, 15) is 9.90 Å². The van der Waals surface area contributed by atoms with E-state index in [4.69, 9.17) is 4.74 Å². The van der Waals surface area contributed by atoms with Crippen molar-refractivity contribution in [1.29, 1.82) is 0 Å². The molecule has 2 N–H and O–H groups in total. The smallest absolute Gasteiger partial charge is 0.407 e. The topological polar surface area (TPSA) is 58.6 Å². The first-order valence-corrected chi connectivity index (χ1v) is 5.41. The predicted octanol–water partition coefficient (Wildman–Crippen LogP) is 1.39. The maximum absolute atomic E-state index is 11.3. The SMILES string of the molecule is CCOC(=O)N[C@@H]1c2ccccc2C[C@@H]1O. The van der Waals surface area contributed by atoms with Crippen molar-refractivity contribution < 1.29 is 14.6 Å². The average molecular weight is 221 g/mol. The van der Waals surface area contributed by atoms with Crippen LogP contribution >= 0.6 is 0 Å². The van der Waals surface area contributed by atoms with Gasteiger partial charge in [-0.2, -0.15) is 0 Å². The normalized spacial score (nSPS) is 22.6. The molecule has 0 fully saturated rings. The van der Waals surface area contributed by atoms with E-state index >= 15 is 0 Å². The van der Waals surface area contributed by atoms with Gasteiger partial charge in [-0.25, -0.2) is 4.79 Å². The third-order valence-electron chi connectivity index (χ3n) is 2.75. The van der Waals surface area contributed by atoms with Crippen molar-refractivity contribution in [3.63, 3.8) is 0 Å². The fourth-order valence-corrected chi connectivity index (χ4v) is 2.05. The van der Waals surface area contributed by atoms with Gasteiger partial charge >= 0.3 is 6.09 Å². The summed E-state index contributed by atoms with van der Waals surface area (Å²) in [4.78, 5) is 11.3. The number of amides is 1. The van der Waals surface area contributed by atoms with Gasteiger partial charge in [-0.15, -0.1) is 0 Å². The molecule has 0 aliphatic heterocycles. The second-order valence-corrected chi connectivity index (χ2v) is 3.81. The second-order valence-electron chi connectivity index (χ2n) is 3.81. The largest absolute Gasteiger partial charge is 0.450 e. The Morgan fingerprint density at radius 1 is 1.56 bits per heavy atom. The average Bonchev–Trinajstić information content (AvgIpc) is 2.56. The fraction of sp³-hybridized carbons (Fsp3) is 0.417. The molecule has 2 atom stereocenters. The van der Waals surface area contributed by atoms with Crippen molar-refractivity contribution in [2.75, 3.05) is 6.61 Å². The number of hydrogen-bond donors (Lipinski definition) is 2. The van der Waals surface area contributed by atoms with Crippen LogP contribution in [0.3, 0.4) is 0 Å². The molecule has 2 rings (SSSR count). The minimum Gasteiger partial charge on any atom is -0.450 e. The van der Waals surface area contributed by atoms with E-state index in [1.54, 1.807) is 6.92 Å². The van der Waals surface area contributed by atoms with Crippen LogP contribution in [0.2, 0.25) is 0 Å². The summed E-state index contributed by atoms with van der Waals surface area (Å²) in [7, 11) is 0. The summed E-state index contributed by atoms with van der Waals surface area (Å²) in [5.74, 6) is 0. The fourth-order valence-electron chi connectivity index (χ4n) is 2.05. The van der Waals surface area contributed by atoms with Crippen molar-refractivity contribution in [1.82, 2.24) is 5.32 Å². The molecule has 1 amide bonds. The maximum Gasteiger partial charge on any atom is 0.407 e. The first kappa shape index (κ1) is 11.0. The Morgan fingerprint density at radius 3 is 3.06 bits per heavy atom. The molecule has 0 heterocycles. The van der Waals surface area contributed by atoms with Crippen LogP contribution in [0.1, 0.15) is 24.1 Å². The minimum atomic E-state index is -0.568. The second kappa shape index (κ2) is 4.53. The first-order valence-electron chi connectivity index (χ1n) is 5.41. The summed E-state index contributed by atoms with van der Waals surface area (Å²) in [5.41, 5.74) is 2.06. The molecule has 0 bridgehead atoms. The Morgan fingerprint density at radius 2 is 2.31 bits per heavy atom. The van der Waals surface area contributed by atoms with Gasteiger partial charge in [-0.05, 0) is 18.1 Å². The van der Waals surface area contributed by atoms with E-state index in [1.807, 2.05) is 24.3 Å². The van der Waals surface area contributed by atoms with Gasteiger partial charge in [0.25, 0.3) is 0 Å². The summed E-state index contributed by atoms with van der Waals surface area (Å²) in [6, 6.07) is 7.36. The molecule has 4 heteroatoms. The number of nitrogens with one attached hydrogen (secondary N) is 1. The minimum absolute atomic E-state index is 0.330. The lowest BCUT2D eigenvalue weighted by Gasteiger charge is -2.17. The number of ether oxygens (including phenoxy) is 1. The molecule has 1 aliphatic carbocycles. The van der Waals surface area contributed by atoms with Crippen LogP contribution in [0, 0.1) is 0 Å². The highest BCUT2D eigenvalue weighted by atomic mass is 16.5. The van der Waals surface area contributed by atoms with Crippen molar-refractivity contribution in [2.24, 2.45) is 0 Å². The van der Waals surface area contributed by atoms with Crippen molar-refractivity contribution in [2.45, 2.75) is 25.5 Å². The third kappa shape index (κ3) is 2.02. The molecule has 0 saturated heterocycles. The maximum atomic E-state index is 11.3. The number of carbonyl (C=O) groups is 1. The summed E-state index contributed by atoms with van der Waals surface area (Å²) in [6.07, 6.45) is -0.474. The summed E-state index contributed by atoms with van der Waals surface area (Å²) in [6.45, 7) is 2.08. The number of carbonyl (C=O) groups excluding carboxylic acids is 1. The van der Waals surface area contributed by atoms with Crippen LogP contribution in [-0.2, 0) is 11.2 Å². The number of rotatable bonds is 2. The van der Waals surface area contributed by atoms with Gasteiger partial charge in [0.1, 0.15) is 0 Å². The van der Waals surface area contributed by atoms with Crippen LogP contribution in [0.25, 0.3) is 0 Å². The van der Waals surface area contributed by atoms with Gasteiger partial charge in [0.05, 0.1) is 18.8 Å². The molecule has 4 nitrogen and oxygen atoms in total. The zero-order chi connectivity index (χ0) is 11.5. The van der Waals surface area contributed by atoms with E-state index in [0.29, 0.717) is 13.0 Å². The van der Waals surface area contributed by atoms with E-state index in [2.05, 4.69) is 5.32 Å². The third-order valence-corrected chi connectivity index (χ3v) is 2.75. The Bertz CT molecular complexity index is 392. The number of aliphatic hydroxyl groups excluding tert-OH is 1. The lowest BCUT2D eigenvalue weighted by atomic mass is 10.1. The molecule has 0 radical (unpaired) electrons.